The van der Waals surface area contributed by atoms with Gasteiger partial charge in [-0.3, -0.25) is 10.1 Å². The minimum atomic E-state index is -0.349. The van der Waals surface area contributed by atoms with Crippen molar-refractivity contribution < 1.29 is 14.4 Å². The first-order valence-electron chi connectivity index (χ1n) is 6.51. The number of rotatable bonds is 2. The van der Waals surface area contributed by atoms with Crippen molar-refractivity contribution in [2.45, 2.75) is 32.2 Å². The average Bonchev–Trinajstić information content (AvgIpc) is 2.85. The van der Waals surface area contributed by atoms with Crippen LogP contribution in [-0.4, -0.2) is 24.3 Å². The lowest BCUT2D eigenvalue weighted by Gasteiger charge is -2.35. The Kier molecular flexibility index (Phi) is 2.93. The van der Waals surface area contributed by atoms with Gasteiger partial charge in [-0.2, -0.15) is 0 Å². The van der Waals surface area contributed by atoms with E-state index in [2.05, 4.69) is 11.8 Å². The second-order valence-electron chi connectivity index (χ2n) is 4.99. The van der Waals surface area contributed by atoms with Crippen LogP contribution in [0.15, 0.2) is 12.1 Å². The highest BCUT2D eigenvalue weighted by Gasteiger charge is 2.29. The van der Waals surface area contributed by atoms with Crippen molar-refractivity contribution in [2.24, 2.45) is 0 Å². The molecule has 6 nitrogen and oxygen atoms in total. The highest BCUT2D eigenvalue weighted by Crippen LogP contribution is 2.43. The number of piperidine rings is 1. The smallest absolute Gasteiger partial charge is 0.296 e. The minimum Gasteiger partial charge on any atom is -0.454 e. The van der Waals surface area contributed by atoms with Crippen LogP contribution in [-0.2, 0) is 0 Å². The number of hydrogen-bond acceptors (Lipinski definition) is 5. The molecular weight excluding hydrogens is 248 g/mol. The fourth-order valence-corrected chi connectivity index (χ4v) is 2.75. The van der Waals surface area contributed by atoms with Gasteiger partial charge >= 0.3 is 0 Å². The Bertz CT molecular complexity index is 518. The summed E-state index contributed by atoms with van der Waals surface area (Å²) in [6, 6.07) is 3.52. The molecule has 0 radical (unpaired) electrons. The Morgan fingerprint density at radius 3 is 2.74 bits per heavy atom. The monoisotopic (exact) mass is 264 g/mol. The van der Waals surface area contributed by atoms with Gasteiger partial charge in [-0.05, 0) is 26.2 Å². The summed E-state index contributed by atoms with van der Waals surface area (Å²) in [7, 11) is 0. The molecule has 2 aliphatic rings. The fraction of sp³-hybridized carbons (Fsp3) is 0.538. The normalized spacial score (nSPS) is 21.5. The van der Waals surface area contributed by atoms with Gasteiger partial charge in [-0.15, -0.1) is 0 Å². The van der Waals surface area contributed by atoms with Crippen LogP contribution in [0.1, 0.15) is 26.2 Å². The van der Waals surface area contributed by atoms with Crippen LogP contribution < -0.4 is 14.4 Å². The van der Waals surface area contributed by atoms with Gasteiger partial charge in [0, 0.05) is 18.7 Å². The van der Waals surface area contributed by atoms with Crippen molar-refractivity contribution in [3.05, 3.63) is 22.2 Å². The van der Waals surface area contributed by atoms with E-state index < -0.39 is 0 Å². The third-order valence-corrected chi connectivity index (χ3v) is 3.78. The Morgan fingerprint density at radius 1 is 1.32 bits per heavy atom. The van der Waals surface area contributed by atoms with Gasteiger partial charge in [0.05, 0.1) is 11.0 Å². The van der Waals surface area contributed by atoms with E-state index >= 15 is 0 Å². The van der Waals surface area contributed by atoms with Crippen molar-refractivity contribution in [1.82, 2.24) is 0 Å². The maximum Gasteiger partial charge on any atom is 0.296 e. The highest BCUT2D eigenvalue weighted by molar-refractivity contribution is 5.70. The Hall–Kier alpha value is -1.98. The fourth-order valence-electron chi connectivity index (χ4n) is 2.75. The molecule has 102 valence electrons. The Labute approximate surface area is 111 Å². The summed E-state index contributed by atoms with van der Waals surface area (Å²) in [5.74, 6) is 1.05. The lowest BCUT2D eigenvalue weighted by molar-refractivity contribution is -0.384. The summed E-state index contributed by atoms with van der Waals surface area (Å²) < 4.78 is 10.5. The van der Waals surface area contributed by atoms with Gasteiger partial charge in [-0.25, -0.2) is 0 Å². The maximum atomic E-state index is 11.3. The molecule has 1 saturated heterocycles. The maximum absolute atomic E-state index is 11.3. The number of nitrogens with zero attached hydrogens (tertiary/aromatic N) is 2. The number of ether oxygens (including phenoxy) is 2. The van der Waals surface area contributed by atoms with E-state index in [0.29, 0.717) is 23.2 Å². The molecule has 0 spiro atoms. The molecule has 1 atom stereocenters. The summed E-state index contributed by atoms with van der Waals surface area (Å²) in [6.45, 7) is 3.08. The third kappa shape index (κ3) is 2.07. The summed E-state index contributed by atoms with van der Waals surface area (Å²) >= 11 is 0. The molecule has 0 amide bonds. The molecule has 0 N–H and O–H groups in total. The minimum absolute atomic E-state index is 0.0954. The molecule has 0 saturated carbocycles. The first-order valence-corrected chi connectivity index (χ1v) is 6.51. The van der Waals surface area contributed by atoms with E-state index in [-0.39, 0.29) is 17.4 Å². The third-order valence-electron chi connectivity index (χ3n) is 3.78. The molecule has 2 heterocycles. The standard InChI is InChI=1S/C13H16N2O4/c1-9-4-2-3-5-14(9)10-6-12-13(19-8-18-12)7-11(10)15(16)17/h6-7,9H,2-5,8H2,1H3. The van der Waals surface area contributed by atoms with Gasteiger partial charge < -0.3 is 14.4 Å². The van der Waals surface area contributed by atoms with Crippen LogP contribution in [0, 0.1) is 10.1 Å². The van der Waals surface area contributed by atoms with Gasteiger partial charge in [-0.1, -0.05) is 0 Å². The number of nitro benzene ring substituents is 1. The van der Waals surface area contributed by atoms with Crippen LogP contribution in [0.2, 0.25) is 0 Å². The van der Waals surface area contributed by atoms with Gasteiger partial charge in [0.1, 0.15) is 5.69 Å². The molecule has 0 bridgehead atoms. The summed E-state index contributed by atoms with van der Waals surface area (Å²) in [5.41, 5.74) is 0.736. The quantitative estimate of drug-likeness (QED) is 0.607. The number of anilines is 1. The summed E-state index contributed by atoms with van der Waals surface area (Å²) in [4.78, 5) is 13.0. The Morgan fingerprint density at radius 2 is 2.05 bits per heavy atom. The molecule has 3 rings (SSSR count). The van der Waals surface area contributed by atoms with Gasteiger partial charge in [0.25, 0.3) is 5.69 Å². The van der Waals surface area contributed by atoms with Crippen LogP contribution in [0.25, 0.3) is 0 Å². The van der Waals surface area contributed by atoms with E-state index in [1.54, 1.807) is 6.07 Å². The van der Waals surface area contributed by atoms with Gasteiger partial charge in [0.15, 0.2) is 11.5 Å². The first kappa shape index (κ1) is 12.1. The Balaban J connectivity index is 2.05. The molecule has 1 aromatic rings. The van der Waals surface area contributed by atoms with E-state index in [1.165, 1.54) is 12.5 Å². The predicted octanol–water partition coefficient (Wildman–Crippen LogP) is 2.70. The SMILES string of the molecule is CC1CCCCN1c1cc2c(cc1[N+](=O)[O-])OCO2. The molecule has 1 fully saturated rings. The second kappa shape index (κ2) is 4.60. The molecule has 19 heavy (non-hydrogen) atoms. The number of nitro groups is 1. The van der Waals surface area contributed by atoms with Crippen molar-refractivity contribution >= 4 is 11.4 Å². The number of hydrogen-bond donors (Lipinski definition) is 0. The summed E-state index contributed by atoms with van der Waals surface area (Å²) in [5, 5.41) is 11.3. The molecule has 1 unspecified atom stereocenters. The largest absolute Gasteiger partial charge is 0.454 e. The second-order valence-corrected chi connectivity index (χ2v) is 4.99. The van der Waals surface area contributed by atoms with Crippen LogP contribution in [0.5, 0.6) is 11.5 Å². The van der Waals surface area contributed by atoms with Crippen molar-refractivity contribution in [1.29, 1.82) is 0 Å². The predicted molar refractivity (Wildman–Crippen MR) is 69.9 cm³/mol. The molecule has 0 aromatic heterocycles. The number of benzene rings is 1. The van der Waals surface area contributed by atoms with Crippen molar-refractivity contribution in [3.63, 3.8) is 0 Å². The highest BCUT2D eigenvalue weighted by atomic mass is 16.7. The van der Waals surface area contributed by atoms with Gasteiger partial charge in [0.2, 0.25) is 6.79 Å². The molecule has 2 aliphatic heterocycles. The van der Waals surface area contributed by atoms with E-state index in [0.717, 1.165) is 19.4 Å². The molecule has 0 aliphatic carbocycles. The van der Waals surface area contributed by atoms with Crippen LogP contribution >= 0.6 is 0 Å². The first-order chi connectivity index (χ1) is 9.16. The average molecular weight is 264 g/mol. The molecular formula is C13H16N2O4. The van der Waals surface area contributed by atoms with Crippen molar-refractivity contribution in [3.8, 4) is 11.5 Å². The zero-order valence-electron chi connectivity index (χ0n) is 10.8. The van der Waals surface area contributed by atoms with E-state index in [1.807, 2.05) is 0 Å². The summed E-state index contributed by atoms with van der Waals surface area (Å²) in [6.07, 6.45) is 3.30. The topological polar surface area (TPSA) is 64.8 Å². The molecule has 6 heteroatoms. The molecule has 1 aromatic carbocycles. The van der Waals surface area contributed by atoms with E-state index in [9.17, 15) is 10.1 Å². The van der Waals surface area contributed by atoms with Crippen LogP contribution in [0.3, 0.4) is 0 Å². The van der Waals surface area contributed by atoms with E-state index in [4.69, 9.17) is 9.47 Å². The number of fused-ring (bicyclic) bond motifs is 1. The lowest BCUT2D eigenvalue weighted by atomic mass is 10.0. The lowest BCUT2D eigenvalue weighted by Crippen LogP contribution is -2.37. The zero-order chi connectivity index (χ0) is 13.4. The zero-order valence-corrected chi connectivity index (χ0v) is 10.8. The van der Waals surface area contributed by atoms with Crippen molar-refractivity contribution in [2.75, 3.05) is 18.2 Å². The van der Waals surface area contributed by atoms with Crippen LogP contribution in [0.4, 0.5) is 11.4 Å².